The lowest BCUT2D eigenvalue weighted by molar-refractivity contribution is 0.0452. The Morgan fingerprint density at radius 2 is 1.88 bits per heavy atom. The number of carbonyl (C=O) groups is 2. The summed E-state index contributed by atoms with van der Waals surface area (Å²) in [5, 5.41) is 8.92. The molecule has 0 atom stereocenters. The van der Waals surface area contributed by atoms with Gasteiger partial charge in [-0.1, -0.05) is 36.4 Å². The van der Waals surface area contributed by atoms with Crippen LogP contribution in [0.1, 0.15) is 26.3 Å². The van der Waals surface area contributed by atoms with Gasteiger partial charge in [0.15, 0.2) is 5.82 Å². The number of pyridine rings is 1. The van der Waals surface area contributed by atoms with E-state index in [0.29, 0.717) is 35.7 Å². The van der Waals surface area contributed by atoms with Crippen LogP contribution < -0.4 is 10.6 Å². The van der Waals surface area contributed by atoms with Crippen molar-refractivity contribution in [3.05, 3.63) is 82.9 Å². The van der Waals surface area contributed by atoms with Crippen LogP contribution in [0.25, 0.3) is 10.1 Å². The molecular weight excluding hydrogens is 451 g/mol. The van der Waals surface area contributed by atoms with Crippen LogP contribution in [0.2, 0.25) is 0 Å². The predicted octanol–water partition coefficient (Wildman–Crippen LogP) is 5.64. The third-order valence-corrected chi connectivity index (χ3v) is 6.93. The maximum atomic E-state index is 13.2. The Hall–Kier alpha value is -3.78. The number of aromatic nitrogens is 1. The number of likely N-dealkylation sites (tertiary alicyclic amines) is 1. The van der Waals surface area contributed by atoms with Gasteiger partial charge in [-0.15, -0.1) is 11.3 Å². The molecule has 0 saturated carbocycles. The van der Waals surface area contributed by atoms with Gasteiger partial charge in [0.25, 0.3) is 11.8 Å². The van der Waals surface area contributed by atoms with E-state index in [2.05, 4.69) is 15.6 Å². The Morgan fingerprint density at radius 1 is 1.12 bits per heavy atom. The molecule has 2 amide bonds. The summed E-state index contributed by atoms with van der Waals surface area (Å²) in [5.41, 5.74) is 3.17. The average molecular weight is 475 g/mol. The highest BCUT2D eigenvalue weighted by molar-refractivity contribution is 7.17. The van der Waals surface area contributed by atoms with Crippen molar-refractivity contribution in [1.29, 1.82) is 0 Å². The maximum absolute atomic E-state index is 13.2. The summed E-state index contributed by atoms with van der Waals surface area (Å²) in [7, 11) is 0. The fourth-order valence-corrected chi connectivity index (χ4v) is 4.92. The molecule has 1 aliphatic rings. The highest BCUT2D eigenvalue weighted by Crippen LogP contribution is 2.30. The minimum absolute atomic E-state index is 0.107. The van der Waals surface area contributed by atoms with Gasteiger partial charge in [0.2, 0.25) is 0 Å². The van der Waals surface area contributed by atoms with Gasteiger partial charge in [0.1, 0.15) is 0 Å². The molecule has 172 valence electrons. The Labute approximate surface area is 200 Å². The highest BCUT2D eigenvalue weighted by Gasteiger charge is 2.31. The van der Waals surface area contributed by atoms with Gasteiger partial charge in [0, 0.05) is 46.4 Å². The van der Waals surface area contributed by atoms with E-state index in [1.54, 1.807) is 11.0 Å². The van der Waals surface area contributed by atoms with Crippen LogP contribution in [0.15, 0.2) is 66.2 Å². The molecule has 1 fully saturated rings. The molecule has 0 spiro atoms. The van der Waals surface area contributed by atoms with E-state index >= 15 is 0 Å². The van der Waals surface area contributed by atoms with Crippen molar-refractivity contribution in [2.45, 2.75) is 6.92 Å². The van der Waals surface area contributed by atoms with Crippen molar-refractivity contribution in [3.8, 4) is 0 Å². The molecule has 2 aromatic heterocycles. The molecule has 0 radical (unpaired) electrons. The smallest absolute Gasteiger partial charge is 0.257 e. The van der Waals surface area contributed by atoms with Crippen LogP contribution >= 0.6 is 11.3 Å². The number of anilines is 3. The van der Waals surface area contributed by atoms with Gasteiger partial charge >= 0.3 is 0 Å². The lowest BCUT2D eigenvalue weighted by Crippen LogP contribution is -2.50. The van der Waals surface area contributed by atoms with E-state index in [0.717, 1.165) is 21.3 Å². The number of para-hydroxylation sites is 1. The Morgan fingerprint density at radius 3 is 2.68 bits per heavy atom. The quantitative estimate of drug-likeness (QED) is 0.379. The maximum Gasteiger partial charge on any atom is 0.257 e. The first kappa shape index (κ1) is 22.0. The second-order valence-electron chi connectivity index (χ2n) is 8.39. The summed E-state index contributed by atoms with van der Waals surface area (Å²) in [4.78, 5) is 32.2. The summed E-state index contributed by atoms with van der Waals surface area (Å²) in [6, 6.07) is 17.1. The zero-order chi connectivity index (χ0) is 23.7. The molecule has 0 aliphatic carbocycles. The van der Waals surface area contributed by atoms with E-state index in [9.17, 15) is 14.0 Å². The minimum atomic E-state index is -0.433. The molecule has 1 aliphatic heterocycles. The summed E-state index contributed by atoms with van der Waals surface area (Å²) in [5.74, 6) is -0.178. The second-order valence-corrected chi connectivity index (χ2v) is 9.30. The molecule has 5 rings (SSSR count). The summed E-state index contributed by atoms with van der Waals surface area (Å²) in [6.45, 7) is 2.32. The molecule has 3 heterocycles. The van der Waals surface area contributed by atoms with Crippen LogP contribution in [-0.2, 0) is 0 Å². The normalized spacial score (nSPS) is 13.5. The highest BCUT2D eigenvalue weighted by atomic mass is 32.1. The van der Waals surface area contributed by atoms with Crippen LogP contribution in [0.5, 0.6) is 0 Å². The number of carbonyl (C=O) groups excluding carboxylic acids is 2. The summed E-state index contributed by atoms with van der Waals surface area (Å²) >= 11 is 1.50. The van der Waals surface area contributed by atoms with Crippen LogP contribution in [0.4, 0.5) is 21.6 Å². The number of thiophene rings is 1. The molecule has 4 aromatic rings. The van der Waals surface area contributed by atoms with E-state index in [1.165, 1.54) is 17.5 Å². The Kier molecular flexibility index (Phi) is 5.98. The van der Waals surface area contributed by atoms with Crippen LogP contribution in [0.3, 0.4) is 0 Å². The summed E-state index contributed by atoms with van der Waals surface area (Å²) < 4.78 is 13.8. The van der Waals surface area contributed by atoms with Crippen molar-refractivity contribution in [2.24, 2.45) is 5.92 Å². The van der Waals surface area contributed by atoms with Crippen molar-refractivity contribution < 1.29 is 14.0 Å². The number of alkyl halides is 1. The first-order valence-electron chi connectivity index (χ1n) is 11.0. The number of fused-ring (bicyclic) bond motifs is 1. The number of nitrogens with zero attached hydrogens (tertiary/aromatic N) is 2. The molecular formula is C26H23FN4O2S. The molecule has 0 unspecified atom stereocenters. The molecule has 6 nitrogen and oxygen atoms in total. The fraction of sp³-hybridized carbons (Fsp3) is 0.192. The van der Waals surface area contributed by atoms with E-state index in [-0.39, 0.29) is 17.7 Å². The van der Waals surface area contributed by atoms with Crippen LogP contribution in [0, 0.1) is 12.8 Å². The molecule has 34 heavy (non-hydrogen) atoms. The number of hydrogen-bond acceptors (Lipinski definition) is 5. The fourth-order valence-electron chi connectivity index (χ4n) is 3.98. The van der Waals surface area contributed by atoms with Crippen molar-refractivity contribution >= 4 is 50.4 Å². The van der Waals surface area contributed by atoms with Crippen molar-refractivity contribution in [3.63, 3.8) is 0 Å². The lowest BCUT2D eigenvalue weighted by atomic mass is 10.0. The molecule has 1 saturated heterocycles. The van der Waals surface area contributed by atoms with Gasteiger partial charge < -0.3 is 15.5 Å². The zero-order valence-corrected chi connectivity index (χ0v) is 19.4. The van der Waals surface area contributed by atoms with Crippen molar-refractivity contribution in [2.75, 3.05) is 30.4 Å². The number of hydrogen-bond donors (Lipinski definition) is 2. The first-order valence-corrected chi connectivity index (χ1v) is 11.9. The largest absolute Gasteiger partial charge is 0.338 e. The van der Waals surface area contributed by atoms with Gasteiger partial charge in [-0.25, -0.2) is 4.98 Å². The van der Waals surface area contributed by atoms with Gasteiger partial charge in [0.05, 0.1) is 23.5 Å². The molecule has 2 aromatic carbocycles. The monoisotopic (exact) mass is 474 g/mol. The second kappa shape index (κ2) is 9.23. The summed E-state index contributed by atoms with van der Waals surface area (Å²) in [6.07, 6.45) is 1.49. The van der Waals surface area contributed by atoms with Gasteiger partial charge in [-0.2, -0.15) is 0 Å². The first-order chi connectivity index (χ1) is 16.5. The number of nitrogens with one attached hydrogen (secondary N) is 2. The Balaban J connectivity index is 1.47. The average Bonchev–Trinajstić information content (AvgIpc) is 3.25. The number of aryl methyl sites for hydroxylation is 1. The standard InChI is InChI=1S/C26H23FN4O2S/c1-16-6-2-4-8-21(16)29-24-22(10-18(12-28-24)26(33)31-13-17(11-27)14-31)30-25(32)20-15-34-23-9-5-3-7-19(20)23/h2-10,12,15,17H,11,13-14H2,1H3,(H,28,29)(H,30,32). The number of rotatable bonds is 6. The minimum Gasteiger partial charge on any atom is -0.338 e. The zero-order valence-electron chi connectivity index (χ0n) is 18.5. The Bertz CT molecular complexity index is 1380. The van der Waals surface area contributed by atoms with E-state index in [4.69, 9.17) is 0 Å². The van der Waals surface area contributed by atoms with E-state index < -0.39 is 6.67 Å². The lowest BCUT2D eigenvalue weighted by Gasteiger charge is -2.37. The number of benzene rings is 2. The topological polar surface area (TPSA) is 74.3 Å². The van der Waals surface area contributed by atoms with Gasteiger partial charge in [-0.3, -0.25) is 14.0 Å². The predicted molar refractivity (Wildman–Crippen MR) is 134 cm³/mol. The number of halogens is 1. The number of amides is 2. The third-order valence-electron chi connectivity index (χ3n) is 5.97. The molecule has 8 heteroatoms. The van der Waals surface area contributed by atoms with Crippen LogP contribution in [-0.4, -0.2) is 41.5 Å². The van der Waals surface area contributed by atoms with E-state index in [1.807, 2.05) is 60.8 Å². The van der Waals surface area contributed by atoms with Gasteiger partial charge in [-0.05, 0) is 30.7 Å². The molecule has 0 bridgehead atoms. The SMILES string of the molecule is Cc1ccccc1Nc1ncc(C(=O)N2CC(CF)C2)cc1NC(=O)c1csc2ccccc12. The van der Waals surface area contributed by atoms with Crippen molar-refractivity contribution in [1.82, 2.24) is 9.88 Å². The third kappa shape index (κ3) is 4.24. The molecule has 2 N–H and O–H groups in total.